The van der Waals surface area contributed by atoms with E-state index in [4.69, 9.17) is 0 Å². The molecule has 1 N–H and O–H groups in total. The van der Waals surface area contributed by atoms with Crippen LogP contribution in [-0.4, -0.2) is 41.1 Å². The molecule has 2 aromatic rings. The lowest BCUT2D eigenvalue weighted by Crippen LogP contribution is -2.30. The van der Waals surface area contributed by atoms with Gasteiger partial charge in [0.15, 0.2) is 16.0 Å². The number of nitrogens with zero attached hydrogens (tertiary/aromatic N) is 5. The smallest absolute Gasteiger partial charge is 0.258 e. The van der Waals surface area contributed by atoms with Gasteiger partial charge in [-0.1, -0.05) is 0 Å². The lowest BCUT2D eigenvalue weighted by Gasteiger charge is -2.26. The van der Waals surface area contributed by atoms with Gasteiger partial charge >= 0.3 is 0 Å². The molecule has 2 aromatic heterocycles. The van der Waals surface area contributed by atoms with Crippen LogP contribution >= 0.6 is 0 Å². The predicted octanol–water partition coefficient (Wildman–Crippen LogP) is -0.233. The minimum absolute atomic E-state index is 0.336. The highest BCUT2D eigenvalue weighted by Crippen LogP contribution is 2.24. The van der Waals surface area contributed by atoms with E-state index < -0.39 is 11.0 Å². The average molecular weight is 332 g/mol. The van der Waals surface area contributed by atoms with Crippen LogP contribution in [0.3, 0.4) is 0 Å². The van der Waals surface area contributed by atoms with Gasteiger partial charge in [0.2, 0.25) is 0 Å². The summed E-state index contributed by atoms with van der Waals surface area (Å²) in [6.45, 7) is 2.51. The summed E-state index contributed by atoms with van der Waals surface area (Å²) >= 11 is 0. The minimum atomic E-state index is -1.52. The topological polar surface area (TPSA) is 85.0 Å². The summed E-state index contributed by atoms with van der Waals surface area (Å²) in [5.41, 5.74) is 3.32. The molecule has 0 aromatic carbocycles. The number of hydrogen-bond acceptors (Lipinski definition) is 5. The van der Waals surface area contributed by atoms with Crippen molar-refractivity contribution in [3.05, 3.63) is 41.5 Å². The molecule has 120 valence electrons. The number of amides is 1. The van der Waals surface area contributed by atoms with Gasteiger partial charge in [-0.05, 0) is 0 Å². The van der Waals surface area contributed by atoms with Crippen molar-refractivity contribution >= 4 is 21.9 Å². The number of fused-ring (bicyclic) bond motifs is 1. The van der Waals surface area contributed by atoms with Crippen LogP contribution in [0.2, 0.25) is 0 Å². The van der Waals surface area contributed by atoms with Crippen molar-refractivity contribution in [2.75, 3.05) is 6.54 Å². The molecule has 23 heavy (non-hydrogen) atoms. The average Bonchev–Trinajstić information content (AvgIpc) is 3.18. The molecule has 0 spiro atoms. The van der Waals surface area contributed by atoms with Crippen LogP contribution in [0, 0.1) is 0 Å². The summed E-state index contributed by atoms with van der Waals surface area (Å²) in [6.07, 6.45) is 7.85. The summed E-state index contributed by atoms with van der Waals surface area (Å²) in [7, 11) is 0.391. The maximum absolute atomic E-state index is 11.9. The van der Waals surface area contributed by atoms with Crippen molar-refractivity contribution < 1.29 is 9.00 Å². The van der Waals surface area contributed by atoms with E-state index in [9.17, 15) is 9.00 Å². The summed E-state index contributed by atoms with van der Waals surface area (Å²) in [5, 5.41) is 8.94. The maximum Gasteiger partial charge on any atom is 0.258 e. The van der Waals surface area contributed by atoms with Crippen molar-refractivity contribution in [1.82, 2.24) is 29.2 Å². The molecule has 8 nitrogen and oxygen atoms in total. The van der Waals surface area contributed by atoms with Crippen LogP contribution in [0.15, 0.2) is 24.7 Å². The van der Waals surface area contributed by atoms with Gasteiger partial charge in [0.05, 0.1) is 18.1 Å². The summed E-state index contributed by atoms with van der Waals surface area (Å²) in [4.78, 5) is 13.7. The zero-order valence-electron chi connectivity index (χ0n) is 12.6. The number of carbonyl (C=O) groups is 1. The number of carbonyl (C=O) groups excluding carboxylic acids is 1. The molecule has 4 rings (SSSR count). The second kappa shape index (κ2) is 5.43. The Hall–Kier alpha value is -2.26. The van der Waals surface area contributed by atoms with Crippen molar-refractivity contribution in [3.63, 3.8) is 0 Å². The van der Waals surface area contributed by atoms with Crippen LogP contribution in [0.1, 0.15) is 16.8 Å². The maximum atomic E-state index is 11.9. The van der Waals surface area contributed by atoms with E-state index in [1.54, 1.807) is 15.6 Å². The SMILES string of the molecule is Cn1cc(CN2CCc3c(cnn3C3=CC(=O)NS3=O)C2)cn1. The Morgan fingerprint density at radius 2 is 2.22 bits per heavy atom. The van der Waals surface area contributed by atoms with Gasteiger partial charge in [-0.25, -0.2) is 8.89 Å². The largest absolute Gasteiger partial charge is 0.294 e. The molecule has 1 unspecified atom stereocenters. The highest BCUT2D eigenvalue weighted by atomic mass is 32.2. The van der Waals surface area contributed by atoms with Crippen molar-refractivity contribution in [3.8, 4) is 0 Å². The standard InChI is InChI=1S/C14H16N6O2S/c1-18-7-10(5-15-18)8-19-3-2-12-11(9-19)6-16-20(12)14-4-13(21)17-23(14)22/h4-7H,2-3,8-9H2,1H3,(H,17,21). The third-order valence-corrected chi connectivity index (χ3v) is 5.08. The molecule has 1 atom stereocenters. The highest BCUT2D eigenvalue weighted by molar-refractivity contribution is 7.93. The Balaban J connectivity index is 1.54. The highest BCUT2D eigenvalue weighted by Gasteiger charge is 2.27. The molecule has 0 aliphatic carbocycles. The quantitative estimate of drug-likeness (QED) is 0.839. The van der Waals surface area contributed by atoms with E-state index in [-0.39, 0.29) is 5.91 Å². The third-order valence-electron chi connectivity index (χ3n) is 4.03. The molecule has 0 fully saturated rings. The molecule has 0 saturated carbocycles. The summed E-state index contributed by atoms with van der Waals surface area (Å²) in [6, 6.07) is 0. The molecule has 1 amide bonds. The van der Waals surface area contributed by atoms with Gasteiger partial charge in [0, 0.05) is 56.5 Å². The second-order valence-electron chi connectivity index (χ2n) is 5.73. The van der Waals surface area contributed by atoms with Gasteiger partial charge < -0.3 is 0 Å². The fourth-order valence-electron chi connectivity index (χ4n) is 3.01. The van der Waals surface area contributed by atoms with Gasteiger partial charge in [-0.3, -0.25) is 19.1 Å². The lowest BCUT2D eigenvalue weighted by molar-refractivity contribution is -0.114. The third kappa shape index (κ3) is 2.62. The molecule has 2 aliphatic rings. The van der Waals surface area contributed by atoms with Crippen LogP contribution < -0.4 is 4.72 Å². The molecule has 0 bridgehead atoms. The van der Waals surface area contributed by atoms with E-state index in [0.29, 0.717) is 5.03 Å². The second-order valence-corrected chi connectivity index (χ2v) is 6.89. The zero-order valence-corrected chi connectivity index (χ0v) is 13.4. The van der Waals surface area contributed by atoms with Crippen LogP contribution in [0.4, 0.5) is 0 Å². The van der Waals surface area contributed by atoms with Crippen molar-refractivity contribution in [2.24, 2.45) is 7.05 Å². The van der Waals surface area contributed by atoms with Crippen LogP contribution in [-0.2, 0) is 42.3 Å². The number of nitrogens with one attached hydrogen (secondary N) is 1. The first-order valence-electron chi connectivity index (χ1n) is 7.30. The normalized spacial score (nSPS) is 21.2. The molecular weight excluding hydrogens is 316 g/mol. The molecule has 0 radical (unpaired) electrons. The fraction of sp³-hybridized carbons (Fsp3) is 0.357. The fourth-order valence-corrected chi connectivity index (χ4v) is 3.88. The first-order chi connectivity index (χ1) is 11.1. The van der Waals surface area contributed by atoms with E-state index in [0.717, 1.165) is 37.3 Å². The summed E-state index contributed by atoms with van der Waals surface area (Å²) in [5.74, 6) is -0.336. The molecular formula is C14H16N6O2S. The van der Waals surface area contributed by atoms with Crippen molar-refractivity contribution in [1.29, 1.82) is 0 Å². The number of rotatable bonds is 3. The Kier molecular flexibility index (Phi) is 3.38. The Morgan fingerprint density at radius 3 is 2.91 bits per heavy atom. The predicted molar refractivity (Wildman–Crippen MR) is 83.8 cm³/mol. The first-order valence-corrected chi connectivity index (χ1v) is 8.45. The monoisotopic (exact) mass is 332 g/mol. The van der Waals surface area contributed by atoms with Gasteiger partial charge in [0.1, 0.15) is 0 Å². The molecule has 2 aliphatic heterocycles. The Labute approximate surface area is 135 Å². The Morgan fingerprint density at radius 1 is 1.35 bits per heavy atom. The van der Waals surface area contributed by atoms with Crippen LogP contribution in [0.5, 0.6) is 0 Å². The zero-order chi connectivity index (χ0) is 16.0. The minimum Gasteiger partial charge on any atom is -0.294 e. The van der Waals surface area contributed by atoms with Crippen LogP contribution in [0.25, 0.3) is 5.03 Å². The lowest BCUT2D eigenvalue weighted by atomic mass is 10.1. The van der Waals surface area contributed by atoms with E-state index in [1.807, 2.05) is 19.4 Å². The Bertz CT molecular complexity index is 836. The number of hydrogen-bond donors (Lipinski definition) is 1. The summed E-state index contributed by atoms with van der Waals surface area (Å²) < 4.78 is 17.7. The number of aryl methyl sites for hydroxylation is 1. The van der Waals surface area contributed by atoms with Gasteiger partial charge in [-0.15, -0.1) is 0 Å². The van der Waals surface area contributed by atoms with Crippen molar-refractivity contribution in [2.45, 2.75) is 19.5 Å². The van der Waals surface area contributed by atoms with Gasteiger partial charge in [-0.2, -0.15) is 10.2 Å². The molecule has 9 heteroatoms. The first kappa shape index (κ1) is 14.3. The molecule has 4 heterocycles. The van der Waals surface area contributed by atoms with Gasteiger partial charge in [0.25, 0.3) is 5.91 Å². The van der Waals surface area contributed by atoms with E-state index in [2.05, 4.69) is 19.8 Å². The number of aromatic nitrogens is 4. The molecule has 0 saturated heterocycles. The van der Waals surface area contributed by atoms with E-state index in [1.165, 1.54) is 11.6 Å². The van der Waals surface area contributed by atoms with E-state index >= 15 is 0 Å².